The second kappa shape index (κ2) is 11.2. The highest BCUT2D eigenvalue weighted by atomic mass is 16.5. The Bertz CT molecular complexity index is 2130. The lowest BCUT2D eigenvalue weighted by molar-refractivity contribution is 0.483. The van der Waals surface area contributed by atoms with E-state index in [-0.39, 0.29) is 0 Å². The molecule has 7 aromatic rings. The third kappa shape index (κ3) is 5.15. The summed E-state index contributed by atoms with van der Waals surface area (Å²) in [7, 11) is 0. The number of hydrogen-bond acceptors (Lipinski definition) is 3. The molecule has 0 radical (unpaired) electrons. The van der Waals surface area contributed by atoms with Gasteiger partial charge in [-0.3, -0.25) is 4.57 Å². The first-order chi connectivity index (χ1) is 21.3. The van der Waals surface area contributed by atoms with Gasteiger partial charge in [-0.05, 0) is 97.8 Å². The molecule has 0 amide bonds. The van der Waals surface area contributed by atoms with E-state index in [4.69, 9.17) is 14.8 Å². The van der Waals surface area contributed by atoms with Crippen molar-refractivity contribution < 1.29 is 4.74 Å². The average Bonchev–Trinajstić information content (AvgIpc) is 3.60. The van der Waals surface area contributed by atoms with Crippen molar-refractivity contribution in [1.29, 1.82) is 0 Å². The van der Waals surface area contributed by atoms with Crippen molar-refractivity contribution in [2.24, 2.45) is 5.92 Å². The van der Waals surface area contributed by atoms with Crippen LogP contribution in [-0.4, -0.2) is 19.3 Å². The van der Waals surface area contributed by atoms with Gasteiger partial charge in [-0.15, -0.1) is 0 Å². The Morgan fingerprint density at radius 2 is 1.52 bits per heavy atom. The zero-order valence-corrected chi connectivity index (χ0v) is 25.9. The van der Waals surface area contributed by atoms with Crippen molar-refractivity contribution in [3.8, 4) is 34.1 Å². The largest absolute Gasteiger partial charge is 0.457 e. The molecule has 0 aliphatic rings. The van der Waals surface area contributed by atoms with E-state index < -0.39 is 0 Å². The quantitative estimate of drug-likeness (QED) is 0.190. The molecule has 0 aliphatic carbocycles. The van der Waals surface area contributed by atoms with Gasteiger partial charge in [0.15, 0.2) is 0 Å². The lowest BCUT2D eigenvalue weighted by Crippen LogP contribution is -2.01. The van der Waals surface area contributed by atoms with Crippen molar-refractivity contribution in [2.75, 3.05) is 0 Å². The van der Waals surface area contributed by atoms with Crippen LogP contribution in [0.25, 0.3) is 44.4 Å². The summed E-state index contributed by atoms with van der Waals surface area (Å²) in [5.74, 6) is 3.01. The summed E-state index contributed by atoms with van der Waals surface area (Å²) >= 11 is 0. The second-order valence-electron chi connectivity index (χ2n) is 12.2. The van der Waals surface area contributed by atoms with Gasteiger partial charge in [0.05, 0.1) is 22.9 Å². The first-order valence-electron chi connectivity index (χ1n) is 15.2. The molecule has 0 atom stereocenters. The van der Waals surface area contributed by atoms with Crippen molar-refractivity contribution >= 4 is 21.8 Å². The highest BCUT2D eigenvalue weighted by molar-refractivity contribution is 6.09. The number of fused-ring (bicyclic) bond motifs is 3. The molecule has 0 fully saturated rings. The zero-order chi connectivity index (χ0) is 30.4. The minimum atomic E-state index is 0.573. The highest BCUT2D eigenvalue weighted by Crippen LogP contribution is 2.35. The Morgan fingerprint density at radius 1 is 0.750 bits per heavy atom. The maximum absolute atomic E-state index is 6.48. The van der Waals surface area contributed by atoms with Gasteiger partial charge in [-0.2, -0.15) is 5.10 Å². The normalized spacial score (nSPS) is 11.6. The molecule has 218 valence electrons. The number of nitrogens with zero attached hydrogens (tertiary/aromatic N) is 4. The highest BCUT2D eigenvalue weighted by Gasteiger charge is 2.15. The van der Waals surface area contributed by atoms with Gasteiger partial charge >= 0.3 is 0 Å². The third-order valence-electron chi connectivity index (χ3n) is 8.19. The van der Waals surface area contributed by atoms with Crippen LogP contribution in [0.15, 0.2) is 110 Å². The van der Waals surface area contributed by atoms with Gasteiger partial charge in [0.2, 0.25) is 0 Å². The number of benzene rings is 4. The summed E-state index contributed by atoms with van der Waals surface area (Å²) < 4.78 is 10.6. The van der Waals surface area contributed by atoms with E-state index in [2.05, 4.69) is 112 Å². The van der Waals surface area contributed by atoms with Crippen LogP contribution in [-0.2, 0) is 6.42 Å². The summed E-state index contributed by atoms with van der Waals surface area (Å²) in [5.41, 5.74) is 10.6. The van der Waals surface area contributed by atoms with E-state index >= 15 is 0 Å². The fourth-order valence-electron chi connectivity index (χ4n) is 6.50. The summed E-state index contributed by atoms with van der Waals surface area (Å²) in [5, 5.41) is 7.07. The summed E-state index contributed by atoms with van der Waals surface area (Å²) in [4.78, 5) is 4.80. The van der Waals surface area contributed by atoms with E-state index in [0.717, 1.165) is 46.0 Å². The minimum Gasteiger partial charge on any atom is -0.457 e. The molecule has 0 bridgehead atoms. The molecule has 0 spiro atoms. The monoisotopic (exact) mass is 576 g/mol. The van der Waals surface area contributed by atoms with Crippen LogP contribution in [0.2, 0.25) is 0 Å². The summed E-state index contributed by atoms with van der Waals surface area (Å²) in [6.07, 6.45) is 6.96. The molecule has 0 unspecified atom stereocenters. The Morgan fingerprint density at radius 3 is 2.34 bits per heavy atom. The van der Waals surface area contributed by atoms with Gasteiger partial charge in [0, 0.05) is 40.9 Å². The lowest BCUT2D eigenvalue weighted by Gasteiger charge is -2.11. The number of ether oxygens (including phenoxy) is 1. The van der Waals surface area contributed by atoms with E-state index in [0.29, 0.717) is 5.92 Å². The molecule has 44 heavy (non-hydrogen) atoms. The molecular formula is C39H36N4O. The molecule has 0 aliphatic heterocycles. The Kier molecular flexibility index (Phi) is 7.01. The topological polar surface area (TPSA) is 44.9 Å². The fourth-order valence-corrected chi connectivity index (χ4v) is 6.50. The van der Waals surface area contributed by atoms with E-state index in [1.807, 2.05) is 41.3 Å². The molecule has 5 nitrogen and oxygen atoms in total. The second-order valence-corrected chi connectivity index (χ2v) is 12.2. The van der Waals surface area contributed by atoms with Gasteiger partial charge < -0.3 is 4.74 Å². The fraction of sp³-hybridized carbons (Fsp3) is 0.179. The predicted molar refractivity (Wildman–Crippen MR) is 180 cm³/mol. The lowest BCUT2D eigenvalue weighted by atomic mass is 9.96. The molecule has 4 aromatic carbocycles. The Labute approximate surface area is 258 Å². The first-order valence-corrected chi connectivity index (χ1v) is 15.2. The van der Waals surface area contributed by atoms with Gasteiger partial charge in [0.25, 0.3) is 0 Å². The molecule has 3 aromatic heterocycles. The molecule has 3 heterocycles. The Hall–Kier alpha value is -5.16. The van der Waals surface area contributed by atoms with Crippen LogP contribution in [0.3, 0.4) is 0 Å². The standard InChI is InChI=1S/C39H36N4O/c1-25(2)17-29-15-16-40-38(20-29)43-36-12-7-6-11-34(36)35-14-13-33(22-37(35)43)44-32-10-8-9-31(21-32)42-24-30(23-41-42)39-27(4)18-26(3)19-28(39)5/h6-16,18-25H,17H2,1-5H3. The molecule has 7 rings (SSSR count). The van der Waals surface area contributed by atoms with Crippen LogP contribution in [0, 0.1) is 26.7 Å². The number of para-hydroxylation sites is 1. The van der Waals surface area contributed by atoms with Crippen LogP contribution in [0.5, 0.6) is 11.5 Å². The number of pyridine rings is 1. The van der Waals surface area contributed by atoms with E-state index in [9.17, 15) is 0 Å². The first kappa shape index (κ1) is 27.7. The number of rotatable bonds is 7. The molecular weight excluding hydrogens is 540 g/mol. The van der Waals surface area contributed by atoms with E-state index in [1.54, 1.807) is 0 Å². The minimum absolute atomic E-state index is 0.573. The average molecular weight is 577 g/mol. The molecule has 0 saturated heterocycles. The maximum atomic E-state index is 6.48. The van der Waals surface area contributed by atoms with Crippen molar-refractivity contribution in [3.05, 3.63) is 132 Å². The van der Waals surface area contributed by atoms with Crippen LogP contribution < -0.4 is 4.74 Å². The number of aryl methyl sites for hydroxylation is 3. The summed E-state index contributed by atoms with van der Waals surface area (Å²) in [6, 6.07) is 31.7. The van der Waals surface area contributed by atoms with Crippen molar-refractivity contribution in [1.82, 2.24) is 19.3 Å². The van der Waals surface area contributed by atoms with Crippen LogP contribution >= 0.6 is 0 Å². The summed E-state index contributed by atoms with van der Waals surface area (Å²) in [6.45, 7) is 11.0. The van der Waals surface area contributed by atoms with Crippen LogP contribution in [0.1, 0.15) is 36.1 Å². The maximum Gasteiger partial charge on any atom is 0.137 e. The molecule has 0 saturated carbocycles. The molecule has 5 heteroatoms. The van der Waals surface area contributed by atoms with Gasteiger partial charge in [0.1, 0.15) is 17.3 Å². The van der Waals surface area contributed by atoms with Gasteiger partial charge in [-0.1, -0.05) is 55.8 Å². The predicted octanol–water partition coefficient (Wildman–Crippen LogP) is 9.95. The number of hydrogen-bond donors (Lipinski definition) is 0. The number of aromatic nitrogens is 4. The van der Waals surface area contributed by atoms with Crippen molar-refractivity contribution in [2.45, 2.75) is 41.0 Å². The zero-order valence-electron chi connectivity index (χ0n) is 25.9. The smallest absolute Gasteiger partial charge is 0.137 e. The SMILES string of the molecule is Cc1cc(C)c(-c2cnn(-c3cccc(Oc4ccc5c6ccccc6n(-c6cc(CC(C)C)ccn6)c5c4)c3)c2)c(C)c1. The Balaban J connectivity index is 1.24. The van der Waals surface area contributed by atoms with Crippen molar-refractivity contribution in [3.63, 3.8) is 0 Å². The van der Waals surface area contributed by atoms with Crippen LogP contribution in [0.4, 0.5) is 0 Å². The van der Waals surface area contributed by atoms with Gasteiger partial charge in [-0.25, -0.2) is 9.67 Å². The van der Waals surface area contributed by atoms with E-state index in [1.165, 1.54) is 38.6 Å². The molecule has 0 N–H and O–H groups in total. The third-order valence-corrected chi connectivity index (χ3v) is 8.19.